The fourth-order valence-electron chi connectivity index (χ4n) is 2.06. The Morgan fingerprint density at radius 3 is 3.27 bits per heavy atom. The minimum absolute atomic E-state index is 0.0913. The summed E-state index contributed by atoms with van der Waals surface area (Å²) in [6, 6.07) is 0. The summed E-state index contributed by atoms with van der Waals surface area (Å²) < 4.78 is 10.9. The van der Waals surface area contributed by atoms with Gasteiger partial charge in [-0.2, -0.15) is 10.2 Å². The van der Waals surface area contributed by atoms with Crippen molar-refractivity contribution in [1.82, 2.24) is 0 Å². The molecule has 15 heavy (non-hydrogen) atoms. The van der Waals surface area contributed by atoms with Crippen LogP contribution in [0.4, 0.5) is 0 Å². The maximum absolute atomic E-state index is 5.45. The second kappa shape index (κ2) is 3.31. The molecule has 0 bridgehead atoms. The highest BCUT2D eigenvalue weighted by atomic mass is 16.7. The number of nitrogens with zero attached hydrogens (tertiary/aromatic N) is 2. The van der Waals surface area contributed by atoms with E-state index in [1.807, 2.05) is 13.1 Å². The first-order valence-electron chi connectivity index (χ1n) is 5.07. The molecule has 1 unspecified atom stereocenters. The Balaban J connectivity index is 1.97. The van der Waals surface area contributed by atoms with Gasteiger partial charge in [0.15, 0.2) is 6.79 Å². The smallest absolute Gasteiger partial charge is 0.189 e. The molecule has 0 saturated carbocycles. The van der Waals surface area contributed by atoms with Crippen LogP contribution in [0.3, 0.4) is 0 Å². The van der Waals surface area contributed by atoms with E-state index in [2.05, 4.69) is 16.3 Å². The van der Waals surface area contributed by atoms with Crippen LogP contribution in [-0.2, 0) is 9.47 Å². The van der Waals surface area contributed by atoms with Crippen molar-refractivity contribution in [2.75, 3.05) is 6.79 Å². The first-order chi connectivity index (χ1) is 7.33. The molecule has 78 valence electrons. The summed E-state index contributed by atoms with van der Waals surface area (Å²) in [5, 5.41) is 8.11. The number of allylic oxidation sites excluding steroid dienone is 2. The lowest BCUT2D eigenvalue weighted by Gasteiger charge is -2.17. The van der Waals surface area contributed by atoms with Crippen LogP contribution in [0.15, 0.2) is 33.2 Å². The van der Waals surface area contributed by atoms with Crippen LogP contribution in [0.1, 0.15) is 19.8 Å². The van der Waals surface area contributed by atoms with E-state index in [-0.39, 0.29) is 6.10 Å². The predicted molar refractivity (Wildman–Crippen MR) is 56.8 cm³/mol. The van der Waals surface area contributed by atoms with Gasteiger partial charge in [0.05, 0.1) is 6.21 Å². The molecule has 1 saturated heterocycles. The molecule has 0 amide bonds. The Hall–Kier alpha value is -1.42. The molecule has 0 spiro atoms. The van der Waals surface area contributed by atoms with Crippen molar-refractivity contribution in [3.63, 3.8) is 0 Å². The van der Waals surface area contributed by atoms with Gasteiger partial charge < -0.3 is 9.47 Å². The molecule has 0 aromatic heterocycles. The molecule has 0 aromatic rings. The molecular formula is C11H12N2O2. The molecule has 0 radical (unpaired) electrons. The molecule has 4 nitrogen and oxygen atoms in total. The summed E-state index contributed by atoms with van der Waals surface area (Å²) >= 11 is 0. The highest BCUT2D eigenvalue weighted by molar-refractivity contribution is 5.91. The van der Waals surface area contributed by atoms with Crippen molar-refractivity contribution in [3.05, 3.63) is 23.0 Å². The average molecular weight is 204 g/mol. The molecule has 1 atom stereocenters. The molecule has 1 fully saturated rings. The third kappa shape index (κ3) is 1.51. The first kappa shape index (κ1) is 8.85. The van der Waals surface area contributed by atoms with Gasteiger partial charge in [-0.15, -0.1) is 0 Å². The fourth-order valence-corrected chi connectivity index (χ4v) is 2.06. The maximum atomic E-state index is 5.45. The van der Waals surface area contributed by atoms with Gasteiger partial charge in [-0.3, -0.25) is 0 Å². The minimum Gasteiger partial charge on any atom is -0.469 e. The number of ether oxygens (including phenoxy) is 2. The van der Waals surface area contributed by atoms with E-state index in [1.54, 1.807) is 0 Å². The average Bonchev–Trinajstić information content (AvgIpc) is 2.57. The van der Waals surface area contributed by atoms with Crippen molar-refractivity contribution in [2.45, 2.75) is 25.9 Å². The Morgan fingerprint density at radius 2 is 2.33 bits per heavy atom. The molecule has 0 N–H and O–H groups in total. The summed E-state index contributed by atoms with van der Waals surface area (Å²) in [5.41, 5.74) is 3.51. The number of hydrogen-bond donors (Lipinski definition) is 0. The Morgan fingerprint density at radius 1 is 1.40 bits per heavy atom. The zero-order chi connectivity index (χ0) is 10.3. The lowest BCUT2D eigenvalue weighted by atomic mass is 9.92. The van der Waals surface area contributed by atoms with Gasteiger partial charge in [-0.25, -0.2) is 0 Å². The highest BCUT2D eigenvalue weighted by Crippen LogP contribution is 2.32. The summed E-state index contributed by atoms with van der Waals surface area (Å²) in [7, 11) is 0. The van der Waals surface area contributed by atoms with E-state index < -0.39 is 0 Å². The van der Waals surface area contributed by atoms with Gasteiger partial charge in [-0.1, -0.05) is 0 Å². The predicted octanol–water partition coefficient (Wildman–Crippen LogP) is 1.79. The molecule has 3 aliphatic rings. The van der Waals surface area contributed by atoms with E-state index in [0.29, 0.717) is 6.79 Å². The molecule has 2 aliphatic heterocycles. The molecule has 1 aliphatic carbocycles. The summed E-state index contributed by atoms with van der Waals surface area (Å²) in [4.78, 5) is 0. The SMILES string of the molecule is CC1=NN=CC2=C(C=C3OCOC3C2)C1. The van der Waals surface area contributed by atoms with Crippen molar-refractivity contribution < 1.29 is 9.47 Å². The Kier molecular flexibility index (Phi) is 1.95. The van der Waals surface area contributed by atoms with Crippen LogP contribution in [0.5, 0.6) is 0 Å². The lowest BCUT2D eigenvalue weighted by molar-refractivity contribution is 0.0505. The van der Waals surface area contributed by atoms with Crippen LogP contribution in [-0.4, -0.2) is 24.8 Å². The van der Waals surface area contributed by atoms with Crippen LogP contribution in [0.25, 0.3) is 0 Å². The quantitative estimate of drug-likeness (QED) is 0.603. The molecule has 2 heterocycles. The van der Waals surface area contributed by atoms with E-state index in [1.165, 1.54) is 11.1 Å². The molecular weight excluding hydrogens is 192 g/mol. The van der Waals surface area contributed by atoms with Crippen molar-refractivity contribution in [2.24, 2.45) is 10.2 Å². The van der Waals surface area contributed by atoms with Gasteiger partial charge in [0.1, 0.15) is 11.9 Å². The van der Waals surface area contributed by atoms with Crippen molar-refractivity contribution in [3.8, 4) is 0 Å². The zero-order valence-corrected chi connectivity index (χ0v) is 8.56. The third-order valence-corrected chi connectivity index (χ3v) is 2.83. The van der Waals surface area contributed by atoms with Gasteiger partial charge in [-0.05, 0) is 24.1 Å². The van der Waals surface area contributed by atoms with Crippen LogP contribution >= 0.6 is 0 Å². The molecule has 0 aromatic carbocycles. The largest absolute Gasteiger partial charge is 0.469 e. The van der Waals surface area contributed by atoms with E-state index in [0.717, 1.165) is 24.3 Å². The topological polar surface area (TPSA) is 43.2 Å². The maximum Gasteiger partial charge on any atom is 0.189 e. The third-order valence-electron chi connectivity index (χ3n) is 2.83. The van der Waals surface area contributed by atoms with Crippen LogP contribution in [0.2, 0.25) is 0 Å². The van der Waals surface area contributed by atoms with Crippen LogP contribution < -0.4 is 0 Å². The van der Waals surface area contributed by atoms with E-state index in [9.17, 15) is 0 Å². The van der Waals surface area contributed by atoms with Crippen molar-refractivity contribution >= 4 is 11.9 Å². The Labute approximate surface area is 88.0 Å². The number of rotatable bonds is 0. The summed E-state index contributed by atoms with van der Waals surface area (Å²) in [6.07, 6.45) is 5.71. The summed E-state index contributed by atoms with van der Waals surface area (Å²) in [5.74, 6) is 0.955. The van der Waals surface area contributed by atoms with Crippen molar-refractivity contribution in [1.29, 1.82) is 0 Å². The first-order valence-corrected chi connectivity index (χ1v) is 5.07. The number of fused-ring (bicyclic) bond motifs is 1. The minimum atomic E-state index is 0.0913. The summed E-state index contributed by atoms with van der Waals surface area (Å²) in [6.45, 7) is 2.37. The Bertz CT molecular complexity index is 418. The second-order valence-corrected chi connectivity index (χ2v) is 3.98. The molecule has 3 rings (SSSR count). The van der Waals surface area contributed by atoms with Gasteiger partial charge >= 0.3 is 0 Å². The lowest BCUT2D eigenvalue weighted by Crippen LogP contribution is -2.15. The van der Waals surface area contributed by atoms with Gasteiger partial charge in [0, 0.05) is 18.6 Å². The van der Waals surface area contributed by atoms with E-state index >= 15 is 0 Å². The van der Waals surface area contributed by atoms with E-state index in [4.69, 9.17) is 9.47 Å². The van der Waals surface area contributed by atoms with Crippen LogP contribution in [0, 0.1) is 0 Å². The normalized spacial score (nSPS) is 28.7. The zero-order valence-electron chi connectivity index (χ0n) is 8.56. The fraction of sp³-hybridized carbons (Fsp3) is 0.455. The monoisotopic (exact) mass is 204 g/mol. The number of hydrogen-bond acceptors (Lipinski definition) is 4. The highest BCUT2D eigenvalue weighted by Gasteiger charge is 2.29. The van der Waals surface area contributed by atoms with Gasteiger partial charge in [0.25, 0.3) is 0 Å². The van der Waals surface area contributed by atoms with Gasteiger partial charge in [0.2, 0.25) is 0 Å². The standard InChI is InChI=1S/C11H12N2O2/c1-7-2-8-3-10-11(15-6-14-10)4-9(8)5-12-13-7/h3,5,11H,2,4,6H2,1H3. The molecule has 4 heteroatoms. The second-order valence-electron chi connectivity index (χ2n) is 3.98.